The molecule has 3 heterocycles. The van der Waals surface area contributed by atoms with Crippen LogP contribution in [0.2, 0.25) is 5.15 Å². The van der Waals surface area contributed by atoms with Crippen molar-refractivity contribution >= 4 is 17.2 Å². The molecule has 0 N–H and O–H groups in total. The number of nitrogens with zero attached hydrogens (tertiary/aromatic N) is 3. The number of hydrogen-bond acceptors (Lipinski definition) is 3. The smallest absolute Gasteiger partial charge is 0.349 e. The summed E-state index contributed by atoms with van der Waals surface area (Å²) in [6.45, 7) is 0.0415. The van der Waals surface area contributed by atoms with E-state index in [-0.39, 0.29) is 12.2 Å². The van der Waals surface area contributed by atoms with Gasteiger partial charge in [-0.15, -0.1) is 0 Å². The van der Waals surface area contributed by atoms with E-state index < -0.39 is 34.2 Å². The number of benzene rings is 1. The molecule has 140 valence electrons. The van der Waals surface area contributed by atoms with Gasteiger partial charge in [0.05, 0.1) is 17.6 Å². The summed E-state index contributed by atoms with van der Waals surface area (Å²) >= 11 is 5.79. The molecule has 0 saturated carbocycles. The summed E-state index contributed by atoms with van der Waals surface area (Å²) in [5.41, 5.74) is -1.08. The molecule has 0 saturated heterocycles. The molecule has 4 rings (SSSR count). The molecule has 0 aliphatic heterocycles. The summed E-state index contributed by atoms with van der Waals surface area (Å²) in [7, 11) is 0. The first-order valence-corrected chi connectivity index (χ1v) is 8.64. The summed E-state index contributed by atoms with van der Waals surface area (Å²) in [5, 5.41) is 13.4. The monoisotopic (exact) mass is 399 g/mol. The molecule has 0 spiro atoms. The van der Waals surface area contributed by atoms with Crippen LogP contribution >= 0.6 is 11.6 Å². The van der Waals surface area contributed by atoms with E-state index in [1.807, 2.05) is 0 Å². The van der Waals surface area contributed by atoms with Crippen molar-refractivity contribution in [3.8, 4) is 17.0 Å². The Morgan fingerprint density at radius 3 is 2.46 bits per heavy atom. The van der Waals surface area contributed by atoms with Crippen LogP contribution < -0.4 is 15.2 Å². The highest BCUT2D eigenvalue weighted by Crippen LogP contribution is 2.27. The Morgan fingerprint density at radius 1 is 1.04 bits per heavy atom. The standard InChI is InChI=1S/C20H12ClF2N3O2/c21-15-8-7-12(10-24-15)11-26-16-6-1-2-9-25(16)19(27)18(20(26)28)17-13(22)4-3-5-14(17)23/h1-10H,11H2. The molecule has 0 radical (unpaired) electrons. The van der Waals surface area contributed by atoms with Gasteiger partial charge in [0.25, 0.3) is 5.65 Å². The van der Waals surface area contributed by atoms with Gasteiger partial charge in [-0.2, -0.15) is 4.40 Å². The van der Waals surface area contributed by atoms with E-state index >= 15 is 0 Å². The van der Waals surface area contributed by atoms with Gasteiger partial charge in [0.2, 0.25) is 0 Å². The van der Waals surface area contributed by atoms with Crippen molar-refractivity contribution in [3.63, 3.8) is 0 Å². The molecule has 28 heavy (non-hydrogen) atoms. The number of rotatable bonds is 3. The van der Waals surface area contributed by atoms with Crippen molar-refractivity contribution in [2.24, 2.45) is 0 Å². The third-order valence-electron chi connectivity index (χ3n) is 4.35. The maximum Gasteiger partial charge on any atom is 0.349 e. The van der Waals surface area contributed by atoms with Gasteiger partial charge < -0.3 is 5.11 Å². The minimum absolute atomic E-state index is 0.0415. The van der Waals surface area contributed by atoms with Gasteiger partial charge >= 0.3 is 5.56 Å². The zero-order valence-corrected chi connectivity index (χ0v) is 15.0. The Bertz CT molecular complexity index is 1240. The predicted molar refractivity (Wildman–Crippen MR) is 97.0 cm³/mol. The lowest BCUT2D eigenvalue weighted by Gasteiger charge is -2.17. The van der Waals surface area contributed by atoms with Crippen LogP contribution in [0.15, 0.2) is 65.7 Å². The molecule has 0 amide bonds. The predicted octanol–water partition coefficient (Wildman–Crippen LogP) is 2.70. The third-order valence-corrected chi connectivity index (χ3v) is 4.57. The second-order valence-electron chi connectivity index (χ2n) is 6.09. The normalized spacial score (nSPS) is 11.1. The highest BCUT2D eigenvalue weighted by atomic mass is 35.5. The second kappa shape index (κ2) is 7.01. The van der Waals surface area contributed by atoms with Crippen molar-refractivity contribution in [1.29, 1.82) is 0 Å². The summed E-state index contributed by atoms with van der Waals surface area (Å²) in [4.78, 5) is 16.9. The first-order chi connectivity index (χ1) is 13.5. The van der Waals surface area contributed by atoms with Gasteiger partial charge in [-0.25, -0.2) is 23.1 Å². The minimum atomic E-state index is -0.982. The number of halogens is 3. The average molecular weight is 400 g/mol. The number of aromatic nitrogens is 3. The number of hydrogen-bond donors (Lipinski definition) is 0. The molecule has 0 aliphatic carbocycles. The zero-order chi connectivity index (χ0) is 19.8. The van der Waals surface area contributed by atoms with Gasteiger partial charge in [-0.3, -0.25) is 0 Å². The Morgan fingerprint density at radius 2 is 1.79 bits per heavy atom. The minimum Gasteiger partial charge on any atom is -0.842 e. The molecule has 3 aromatic heterocycles. The lowest BCUT2D eigenvalue weighted by atomic mass is 10.1. The maximum absolute atomic E-state index is 14.3. The summed E-state index contributed by atoms with van der Waals surface area (Å²) in [6.07, 6.45) is 2.93. The van der Waals surface area contributed by atoms with Crippen LogP contribution in [0.1, 0.15) is 5.56 Å². The van der Waals surface area contributed by atoms with E-state index in [2.05, 4.69) is 4.98 Å². The highest BCUT2D eigenvalue weighted by molar-refractivity contribution is 6.29. The third kappa shape index (κ3) is 2.99. The van der Waals surface area contributed by atoms with Crippen LogP contribution in [0, 0.1) is 11.6 Å². The quantitative estimate of drug-likeness (QED) is 0.393. The average Bonchev–Trinajstić information content (AvgIpc) is 2.69. The summed E-state index contributed by atoms with van der Waals surface area (Å²) in [6, 6.07) is 11.3. The van der Waals surface area contributed by atoms with Crippen LogP contribution in [0.25, 0.3) is 16.8 Å². The van der Waals surface area contributed by atoms with Crippen LogP contribution in [0.4, 0.5) is 8.78 Å². The Balaban J connectivity index is 2.05. The Labute approximate surface area is 162 Å². The van der Waals surface area contributed by atoms with Gasteiger partial charge in [-0.05, 0) is 24.3 Å². The van der Waals surface area contributed by atoms with Crippen LogP contribution in [0.3, 0.4) is 0 Å². The molecular formula is C20H12ClF2N3O2. The fourth-order valence-corrected chi connectivity index (χ4v) is 3.17. The first-order valence-electron chi connectivity index (χ1n) is 8.26. The second-order valence-corrected chi connectivity index (χ2v) is 6.47. The first kappa shape index (κ1) is 18.1. The molecule has 4 aromatic rings. The maximum atomic E-state index is 14.3. The van der Waals surface area contributed by atoms with E-state index in [1.54, 1.807) is 30.3 Å². The summed E-state index contributed by atoms with van der Waals surface area (Å²) in [5.74, 6) is -2.76. The van der Waals surface area contributed by atoms with E-state index in [9.17, 15) is 18.7 Å². The van der Waals surface area contributed by atoms with Crippen molar-refractivity contribution in [1.82, 2.24) is 9.38 Å². The molecule has 1 aromatic carbocycles. The van der Waals surface area contributed by atoms with Crippen molar-refractivity contribution in [3.05, 3.63) is 93.6 Å². The molecule has 5 nitrogen and oxygen atoms in total. The Kier molecular flexibility index (Phi) is 4.52. The number of pyridine rings is 2. The molecule has 0 fully saturated rings. The van der Waals surface area contributed by atoms with Crippen molar-refractivity contribution < 1.29 is 18.5 Å². The molecular weight excluding hydrogens is 388 g/mol. The van der Waals surface area contributed by atoms with E-state index in [0.717, 1.165) is 12.1 Å². The lowest BCUT2D eigenvalue weighted by molar-refractivity contribution is -0.708. The highest BCUT2D eigenvalue weighted by Gasteiger charge is 2.24. The fraction of sp³-hybridized carbons (Fsp3) is 0.0500. The molecule has 0 unspecified atom stereocenters. The Hall–Kier alpha value is -3.32. The van der Waals surface area contributed by atoms with E-state index in [1.165, 1.54) is 27.4 Å². The molecule has 8 heteroatoms. The van der Waals surface area contributed by atoms with Gasteiger partial charge in [-0.1, -0.05) is 29.8 Å². The van der Waals surface area contributed by atoms with E-state index in [0.29, 0.717) is 10.7 Å². The summed E-state index contributed by atoms with van der Waals surface area (Å²) < 4.78 is 31.1. The molecule has 0 bridgehead atoms. The van der Waals surface area contributed by atoms with E-state index in [4.69, 9.17) is 11.6 Å². The lowest BCUT2D eigenvalue weighted by Crippen LogP contribution is -2.44. The molecule has 0 atom stereocenters. The van der Waals surface area contributed by atoms with Crippen molar-refractivity contribution in [2.45, 2.75) is 6.54 Å². The molecule has 0 aliphatic rings. The van der Waals surface area contributed by atoms with Gasteiger partial charge in [0.15, 0.2) is 0 Å². The van der Waals surface area contributed by atoms with Crippen LogP contribution in [-0.2, 0) is 6.54 Å². The van der Waals surface area contributed by atoms with Crippen LogP contribution in [-0.4, -0.2) is 9.38 Å². The fourth-order valence-electron chi connectivity index (χ4n) is 3.06. The van der Waals surface area contributed by atoms with Gasteiger partial charge in [0, 0.05) is 17.8 Å². The van der Waals surface area contributed by atoms with Gasteiger partial charge in [0.1, 0.15) is 28.9 Å². The van der Waals surface area contributed by atoms with Crippen LogP contribution in [0.5, 0.6) is 5.88 Å². The number of fused-ring (bicyclic) bond motifs is 1. The van der Waals surface area contributed by atoms with Crippen molar-refractivity contribution in [2.75, 3.05) is 0 Å². The zero-order valence-electron chi connectivity index (χ0n) is 14.3. The SMILES string of the molecule is O=c1c(-c2c(F)cccc2F)c([O-])[n+](Cc2ccc(Cl)nc2)c2ccccn12. The largest absolute Gasteiger partial charge is 0.842 e. The topological polar surface area (TPSA) is 61.3 Å².